The molecule has 0 radical (unpaired) electrons. The molecule has 1 aliphatic heterocycles. The van der Waals surface area contributed by atoms with Gasteiger partial charge < -0.3 is 19.1 Å². The van der Waals surface area contributed by atoms with Gasteiger partial charge in [-0.15, -0.1) is 0 Å². The first-order chi connectivity index (χ1) is 20.4. The van der Waals surface area contributed by atoms with Crippen LogP contribution >= 0.6 is 11.3 Å². The smallest absolute Gasteiger partial charge is 0.271 e. The second-order valence-electron chi connectivity index (χ2n) is 9.77. The van der Waals surface area contributed by atoms with Gasteiger partial charge in [-0.1, -0.05) is 53.8 Å². The summed E-state index contributed by atoms with van der Waals surface area (Å²) in [6.07, 6.45) is 1.81. The molecular weight excluding hydrogens is 550 g/mol. The van der Waals surface area contributed by atoms with E-state index in [1.54, 1.807) is 29.8 Å². The zero-order valence-corrected chi connectivity index (χ0v) is 25.6. The first-order valence-electron chi connectivity index (χ1n) is 14.1. The molecule has 218 valence electrons. The molecule has 2 heterocycles. The lowest BCUT2D eigenvalue weighted by atomic mass is 9.90. The third kappa shape index (κ3) is 4.98. The summed E-state index contributed by atoms with van der Waals surface area (Å²) in [5.41, 5.74) is 2.27. The van der Waals surface area contributed by atoms with Crippen LogP contribution in [0.1, 0.15) is 44.9 Å². The SMILES string of the molecule is CCOc1c(/C=c2/sc3n(c2=O)[C@@H](c2c(OC)ccc4ccccc24)C(C(=O)N(CC)CC)=C(C)N=3)cccc1OC. The lowest BCUT2D eigenvalue weighted by Gasteiger charge is -2.30. The van der Waals surface area contributed by atoms with Crippen molar-refractivity contribution in [3.63, 3.8) is 0 Å². The Morgan fingerprint density at radius 3 is 2.43 bits per heavy atom. The Morgan fingerprint density at radius 2 is 1.74 bits per heavy atom. The van der Waals surface area contributed by atoms with E-state index >= 15 is 0 Å². The van der Waals surface area contributed by atoms with E-state index in [0.29, 0.717) is 57.5 Å². The van der Waals surface area contributed by atoms with E-state index in [0.717, 1.165) is 21.9 Å². The molecule has 0 fully saturated rings. The average Bonchev–Trinajstić information content (AvgIpc) is 3.31. The van der Waals surface area contributed by atoms with E-state index < -0.39 is 6.04 Å². The van der Waals surface area contributed by atoms with E-state index in [-0.39, 0.29) is 11.5 Å². The van der Waals surface area contributed by atoms with Crippen LogP contribution in [0.3, 0.4) is 0 Å². The molecule has 4 aromatic rings. The second kappa shape index (κ2) is 12.2. The van der Waals surface area contributed by atoms with Crippen LogP contribution in [-0.2, 0) is 4.79 Å². The molecule has 1 amide bonds. The first kappa shape index (κ1) is 29.1. The predicted molar refractivity (Wildman–Crippen MR) is 166 cm³/mol. The van der Waals surface area contributed by atoms with Gasteiger partial charge in [-0.2, -0.15) is 0 Å². The maximum Gasteiger partial charge on any atom is 0.271 e. The minimum absolute atomic E-state index is 0.151. The normalized spacial score (nSPS) is 14.9. The maximum absolute atomic E-state index is 14.4. The van der Waals surface area contributed by atoms with Crippen molar-refractivity contribution in [1.29, 1.82) is 0 Å². The van der Waals surface area contributed by atoms with Crippen LogP contribution < -0.4 is 29.1 Å². The molecule has 1 aliphatic rings. The number of fused-ring (bicyclic) bond motifs is 2. The molecule has 8 nitrogen and oxygen atoms in total. The predicted octanol–water partition coefficient (Wildman–Crippen LogP) is 4.67. The summed E-state index contributed by atoms with van der Waals surface area (Å²) in [6, 6.07) is 16.7. The van der Waals surface area contributed by atoms with Crippen LogP contribution in [0.2, 0.25) is 0 Å². The zero-order chi connectivity index (χ0) is 30.0. The third-order valence-electron chi connectivity index (χ3n) is 7.53. The minimum Gasteiger partial charge on any atom is -0.496 e. The molecule has 1 aromatic heterocycles. The Hall–Kier alpha value is -4.37. The van der Waals surface area contributed by atoms with E-state index in [1.807, 2.05) is 82.3 Å². The van der Waals surface area contributed by atoms with Gasteiger partial charge in [-0.25, -0.2) is 4.99 Å². The van der Waals surface area contributed by atoms with Gasteiger partial charge in [-0.3, -0.25) is 14.2 Å². The van der Waals surface area contributed by atoms with Gasteiger partial charge in [-0.05, 0) is 56.7 Å². The number of benzene rings is 3. The molecule has 0 unspecified atom stereocenters. The van der Waals surface area contributed by atoms with Crippen molar-refractivity contribution in [2.75, 3.05) is 33.9 Å². The Kier molecular flexibility index (Phi) is 8.49. The Balaban J connectivity index is 1.85. The van der Waals surface area contributed by atoms with Gasteiger partial charge in [0.2, 0.25) is 0 Å². The number of ether oxygens (including phenoxy) is 3. The van der Waals surface area contributed by atoms with Gasteiger partial charge in [0.05, 0.1) is 36.6 Å². The third-order valence-corrected chi connectivity index (χ3v) is 8.51. The fourth-order valence-electron chi connectivity index (χ4n) is 5.53. The number of amides is 1. The topological polar surface area (TPSA) is 82.4 Å². The molecule has 0 saturated heterocycles. The molecule has 42 heavy (non-hydrogen) atoms. The summed E-state index contributed by atoms with van der Waals surface area (Å²) in [5.74, 6) is 1.59. The Bertz CT molecular complexity index is 1870. The molecule has 0 saturated carbocycles. The molecule has 0 bridgehead atoms. The number of allylic oxidation sites excluding steroid dienone is 1. The van der Waals surface area contributed by atoms with Crippen molar-refractivity contribution in [2.24, 2.45) is 4.99 Å². The minimum atomic E-state index is -0.741. The molecule has 9 heteroatoms. The highest BCUT2D eigenvalue weighted by Gasteiger charge is 2.36. The largest absolute Gasteiger partial charge is 0.496 e. The standard InChI is InChI=1S/C33H35N3O5S/c1-7-35(8-2)32(38)27-20(4)34-33-36(29(27)28-23-15-11-10-13-21(23)17-18-24(28)39-5)31(37)26(42-33)19-22-14-12-16-25(40-6)30(22)41-9-3/h10-19,29H,7-9H2,1-6H3/b26-19+/t29-/m1/s1. The highest BCUT2D eigenvalue weighted by molar-refractivity contribution is 7.07. The van der Waals surface area contributed by atoms with Crippen LogP contribution in [0.25, 0.3) is 16.8 Å². The van der Waals surface area contributed by atoms with Crippen LogP contribution in [0.4, 0.5) is 0 Å². The van der Waals surface area contributed by atoms with Crippen LogP contribution in [0.5, 0.6) is 17.2 Å². The van der Waals surface area contributed by atoms with Crippen molar-refractivity contribution < 1.29 is 19.0 Å². The number of methoxy groups -OCH3 is 2. The Labute approximate surface area is 248 Å². The maximum atomic E-state index is 14.4. The van der Waals surface area contributed by atoms with Crippen LogP contribution in [0.15, 0.2) is 75.7 Å². The number of aromatic nitrogens is 1. The number of para-hydroxylation sites is 1. The fourth-order valence-corrected chi connectivity index (χ4v) is 6.57. The van der Waals surface area contributed by atoms with Crippen molar-refractivity contribution in [1.82, 2.24) is 9.47 Å². The van der Waals surface area contributed by atoms with Crippen LogP contribution in [0, 0.1) is 0 Å². The number of hydrogen-bond acceptors (Lipinski definition) is 7. The molecule has 1 atom stereocenters. The summed E-state index contributed by atoms with van der Waals surface area (Å²) in [5, 5.41) is 1.89. The summed E-state index contributed by atoms with van der Waals surface area (Å²) in [6.45, 7) is 9.15. The summed E-state index contributed by atoms with van der Waals surface area (Å²) in [7, 11) is 3.20. The van der Waals surface area contributed by atoms with Gasteiger partial charge in [0.25, 0.3) is 11.5 Å². The van der Waals surface area contributed by atoms with Crippen molar-refractivity contribution >= 4 is 34.1 Å². The van der Waals surface area contributed by atoms with Gasteiger partial charge >= 0.3 is 0 Å². The van der Waals surface area contributed by atoms with Gasteiger partial charge in [0.15, 0.2) is 16.3 Å². The first-order valence-corrected chi connectivity index (χ1v) is 14.9. The highest BCUT2D eigenvalue weighted by Crippen LogP contribution is 2.40. The highest BCUT2D eigenvalue weighted by atomic mass is 32.1. The molecule has 0 N–H and O–H groups in total. The number of carbonyl (C=O) groups excluding carboxylic acids is 1. The zero-order valence-electron chi connectivity index (χ0n) is 24.8. The Morgan fingerprint density at radius 1 is 1.00 bits per heavy atom. The molecule has 5 rings (SSSR count). The van der Waals surface area contributed by atoms with Gasteiger partial charge in [0.1, 0.15) is 11.8 Å². The molecular formula is C33H35N3O5S. The van der Waals surface area contributed by atoms with Crippen molar-refractivity contribution in [3.05, 3.63) is 96.7 Å². The monoisotopic (exact) mass is 585 g/mol. The fraction of sp³-hybridized carbons (Fsp3) is 0.303. The average molecular weight is 586 g/mol. The summed E-state index contributed by atoms with van der Waals surface area (Å²) < 4.78 is 19.4. The van der Waals surface area contributed by atoms with E-state index in [9.17, 15) is 9.59 Å². The number of hydrogen-bond donors (Lipinski definition) is 0. The van der Waals surface area contributed by atoms with Crippen LogP contribution in [-0.4, -0.2) is 49.3 Å². The number of nitrogens with zero attached hydrogens (tertiary/aromatic N) is 3. The van der Waals surface area contributed by atoms with E-state index in [2.05, 4.69) is 0 Å². The molecule has 0 aliphatic carbocycles. The number of rotatable bonds is 9. The number of thiazole rings is 1. The van der Waals surface area contributed by atoms with E-state index in [1.165, 1.54) is 11.3 Å². The molecule has 0 spiro atoms. The number of carbonyl (C=O) groups is 1. The lowest BCUT2D eigenvalue weighted by Crippen LogP contribution is -2.43. The van der Waals surface area contributed by atoms with Crippen molar-refractivity contribution in [2.45, 2.75) is 33.7 Å². The lowest BCUT2D eigenvalue weighted by molar-refractivity contribution is -0.127. The quantitative estimate of drug-likeness (QED) is 0.285. The van der Waals surface area contributed by atoms with Crippen molar-refractivity contribution in [3.8, 4) is 17.2 Å². The summed E-state index contributed by atoms with van der Waals surface area (Å²) in [4.78, 5) is 35.6. The van der Waals surface area contributed by atoms with Gasteiger partial charge in [0, 0.05) is 24.2 Å². The summed E-state index contributed by atoms with van der Waals surface area (Å²) >= 11 is 1.28. The number of likely N-dealkylation sites (N-methyl/N-ethyl adjacent to an activating group) is 1. The second-order valence-corrected chi connectivity index (χ2v) is 10.8. The van der Waals surface area contributed by atoms with E-state index in [4.69, 9.17) is 19.2 Å². The molecule has 3 aromatic carbocycles.